The summed E-state index contributed by atoms with van der Waals surface area (Å²) < 4.78 is 18.1. The van der Waals surface area contributed by atoms with Crippen molar-refractivity contribution in [3.05, 3.63) is 52.3 Å². The molecule has 1 heterocycles. The molecule has 7 nitrogen and oxygen atoms in total. The van der Waals surface area contributed by atoms with Crippen LogP contribution in [-0.2, 0) is 26.7 Å². The highest BCUT2D eigenvalue weighted by molar-refractivity contribution is 6.18. The molecular weight excluding hydrogens is 406 g/mol. The Morgan fingerprint density at radius 1 is 1.19 bits per heavy atom. The number of carbonyl (C=O) groups is 1. The Balaban J connectivity index is 2.65. The van der Waals surface area contributed by atoms with Crippen LogP contribution in [-0.4, -0.2) is 42.1 Å². The monoisotopic (exact) mass is 441 g/mol. The van der Waals surface area contributed by atoms with Crippen LogP contribution in [0.5, 0.6) is 0 Å². The molecule has 1 atom stereocenters. The number of benzene rings is 1. The molecule has 0 bridgehead atoms. The summed E-state index contributed by atoms with van der Waals surface area (Å²) in [7, 11) is 3.57. The van der Waals surface area contributed by atoms with Gasteiger partial charge in [-0.25, -0.2) is 4.79 Å². The normalized spacial score (nSPS) is 13.7. The molecule has 174 valence electrons. The second-order valence-electron chi connectivity index (χ2n) is 8.63. The maximum Gasteiger partial charge on any atom is 0.511 e. The Labute approximate surface area is 191 Å². The quantitative estimate of drug-likeness (QED) is 0.248. The van der Waals surface area contributed by atoms with Crippen molar-refractivity contribution >= 4 is 23.7 Å². The first-order valence-corrected chi connectivity index (χ1v) is 10.8. The molecule has 0 aliphatic carbocycles. The first-order chi connectivity index (χ1) is 15.0. The van der Waals surface area contributed by atoms with Crippen molar-refractivity contribution in [3.8, 4) is 0 Å². The average Bonchev–Trinajstić information content (AvgIpc) is 2.96. The lowest BCUT2D eigenvalue weighted by Crippen LogP contribution is -2.20. The molecule has 0 saturated carbocycles. The molecule has 1 aromatic carbocycles. The van der Waals surface area contributed by atoms with Crippen molar-refractivity contribution in [2.75, 3.05) is 13.7 Å². The molecule has 1 unspecified atom stereocenters. The highest BCUT2D eigenvalue weighted by Crippen LogP contribution is 2.32. The lowest BCUT2D eigenvalue weighted by Gasteiger charge is -2.22. The second kappa shape index (κ2) is 10.5. The van der Waals surface area contributed by atoms with Crippen LogP contribution in [0.4, 0.5) is 4.79 Å². The molecule has 0 spiro atoms. The third-order valence-electron chi connectivity index (χ3n) is 5.11. The van der Waals surface area contributed by atoms with Crippen LogP contribution in [0.25, 0.3) is 11.3 Å². The number of rotatable bonds is 7. The largest absolute Gasteiger partial charge is 0.511 e. The Bertz CT molecular complexity index is 995. The van der Waals surface area contributed by atoms with Crippen LogP contribution in [0.1, 0.15) is 62.7 Å². The van der Waals surface area contributed by atoms with Gasteiger partial charge in [0, 0.05) is 38.4 Å². The molecule has 1 aromatic heterocycles. The van der Waals surface area contributed by atoms with E-state index in [-0.39, 0.29) is 12.0 Å². The first kappa shape index (κ1) is 25.2. The number of aromatic nitrogens is 2. The topological polar surface area (TPSA) is 74.9 Å². The zero-order chi connectivity index (χ0) is 24.1. The fourth-order valence-electron chi connectivity index (χ4n) is 3.35. The van der Waals surface area contributed by atoms with Gasteiger partial charge >= 0.3 is 6.16 Å². The van der Waals surface area contributed by atoms with Gasteiger partial charge in [0.25, 0.3) is 0 Å². The van der Waals surface area contributed by atoms with Crippen LogP contribution >= 0.6 is 0 Å². The Kier molecular flexibility index (Phi) is 8.25. The van der Waals surface area contributed by atoms with Crippen molar-refractivity contribution in [1.29, 1.82) is 0 Å². The predicted molar refractivity (Wildman–Crippen MR) is 128 cm³/mol. The van der Waals surface area contributed by atoms with Crippen LogP contribution in [0.3, 0.4) is 0 Å². The maximum absolute atomic E-state index is 11.8. The summed E-state index contributed by atoms with van der Waals surface area (Å²) in [4.78, 5) is 16.1. The molecule has 0 N–H and O–H groups in total. The zero-order valence-corrected chi connectivity index (χ0v) is 20.6. The van der Waals surface area contributed by atoms with E-state index in [9.17, 15) is 4.79 Å². The third-order valence-corrected chi connectivity index (χ3v) is 5.11. The van der Waals surface area contributed by atoms with Crippen LogP contribution < -0.4 is 0 Å². The van der Waals surface area contributed by atoms with Gasteiger partial charge in [0.15, 0.2) is 5.76 Å². The highest BCUT2D eigenvalue weighted by Gasteiger charge is 2.24. The van der Waals surface area contributed by atoms with E-state index in [0.717, 1.165) is 28.1 Å². The molecule has 7 heteroatoms. The van der Waals surface area contributed by atoms with E-state index in [1.807, 2.05) is 20.9 Å². The average molecular weight is 442 g/mol. The number of hydrogen-bond donors (Lipinski definition) is 0. The van der Waals surface area contributed by atoms with Crippen molar-refractivity contribution in [1.82, 2.24) is 9.78 Å². The number of allylic oxidation sites excluding steroid dienone is 1. The van der Waals surface area contributed by atoms with Crippen molar-refractivity contribution in [2.24, 2.45) is 12.0 Å². The first-order valence-electron chi connectivity index (χ1n) is 10.8. The lowest BCUT2D eigenvalue weighted by molar-refractivity contribution is -0.0660. The molecule has 2 rings (SSSR count). The van der Waals surface area contributed by atoms with Crippen molar-refractivity contribution < 1.29 is 19.0 Å². The van der Waals surface area contributed by atoms with Gasteiger partial charge < -0.3 is 14.2 Å². The molecule has 0 aliphatic heterocycles. The fourth-order valence-corrected chi connectivity index (χ4v) is 3.35. The Morgan fingerprint density at radius 2 is 1.81 bits per heavy atom. The molecular formula is C25H35N3O4. The summed E-state index contributed by atoms with van der Waals surface area (Å²) in [5.74, 6) is 0.525. The molecule has 0 amide bonds. The summed E-state index contributed by atoms with van der Waals surface area (Å²) in [5, 5.41) is 4.54. The van der Waals surface area contributed by atoms with E-state index in [4.69, 9.17) is 14.2 Å². The Morgan fingerprint density at radius 3 is 2.28 bits per heavy atom. The van der Waals surface area contributed by atoms with Crippen LogP contribution in [0, 0.1) is 13.8 Å². The summed E-state index contributed by atoms with van der Waals surface area (Å²) in [6, 6.07) is 8.32. The minimum Gasteiger partial charge on any atom is -0.452 e. The molecule has 0 radical (unpaired) electrons. The van der Waals surface area contributed by atoms with Gasteiger partial charge in [-0.15, -0.1) is 0 Å². The minimum atomic E-state index is -0.882. The summed E-state index contributed by atoms with van der Waals surface area (Å²) >= 11 is 0. The van der Waals surface area contributed by atoms with Crippen LogP contribution in [0.15, 0.2) is 29.3 Å². The number of ether oxygens (including phenoxy) is 3. The van der Waals surface area contributed by atoms with E-state index in [1.165, 1.54) is 5.56 Å². The van der Waals surface area contributed by atoms with Gasteiger partial charge in [0.2, 0.25) is 6.29 Å². The van der Waals surface area contributed by atoms with E-state index in [0.29, 0.717) is 5.76 Å². The van der Waals surface area contributed by atoms with Gasteiger partial charge in [0.1, 0.15) is 5.69 Å². The molecule has 0 fully saturated rings. The summed E-state index contributed by atoms with van der Waals surface area (Å²) in [6.07, 6.45) is 0.0885. The van der Waals surface area contributed by atoms with Crippen LogP contribution in [0.2, 0.25) is 0 Å². The van der Waals surface area contributed by atoms with Crippen molar-refractivity contribution in [3.63, 3.8) is 0 Å². The third kappa shape index (κ3) is 5.99. The number of aliphatic imine (C=N–C) groups is 1. The van der Waals surface area contributed by atoms with Gasteiger partial charge in [-0.2, -0.15) is 5.10 Å². The number of carbonyl (C=O) groups excluding carboxylic acids is 1. The predicted octanol–water partition coefficient (Wildman–Crippen LogP) is 5.44. The minimum absolute atomic E-state index is 0.0400. The maximum atomic E-state index is 11.8. The Hall–Kier alpha value is -3.09. The molecule has 2 aromatic rings. The van der Waals surface area contributed by atoms with Crippen molar-refractivity contribution in [2.45, 2.75) is 60.2 Å². The standard InChI is InChI=1S/C25H35N3O4/c1-10-30-24(29)32-18(4)31-23(22-16(2)17(3)27-28(22)9)21(15-26-8)19-11-13-20(14-12-19)25(5,6)7/h11-15,18H,10H2,1-9H3/b23-21-,26-15-. The summed E-state index contributed by atoms with van der Waals surface area (Å²) in [6.45, 7) is 14.1. The molecule has 32 heavy (non-hydrogen) atoms. The van der Waals surface area contributed by atoms with Gasteiger partial charge in [-0.3, -0.25) is 9.67 Å². The lowest BCUT2D eigenvalue weighted by atomic mass is 9.86. The van der Waals surface area contributed by atoms with Gasteiger partial charge in [-0.05, 0) is 37.3 Å². The second-order valence-corrected chi connectivity index (χ2v) is 8.63. The van der Waals surface area contributed by atoms with E-state index < -0.39 is 12.4 Å². The number of aryl methyl sites for hydroxylation is 2. The summed E-state index contributed by atoms with van der Waals surface area (Å²) in [5.41, 5.74) is 5.61. The van der Waals surface area contributed by atoms with Gasteiger partial charge in [0.05, 0.1) is 12.3 Å². The van der Waals surface area contributed by atoms with E-state index >= 15 is 0 Å². The number of nitrogens with zero attached hydrogens (tertiary/aromatic N) is 3. The number of hydrogen-bond acceptors (Lipinski definition) is 6. The molecule has 0 saturated heterocycles. The molecule has 0 aliphatic rings. The van der Waals surface area contributed by atoms with E-state index in [1.54, 1.807) is 31.8 Å². The highest BCUT2D eigenvalue weighted by atomic mass is 16.8. The van der Waals surface area contributed by atoms with Gasteiger partial charge in [-0.1, -0.05) is 45.0 Å². The smallest absolute Gasteiger partial charge is 0.452 e. The fraction of sp³-hybridized carbons (Fsp3) is 0.480. The SMILES string of the molecule is CCOC(=O)OC(C)O/C(=C(/C=N\C)c1ccc(C(C)(C)C)cc1)c1c(C)c(C)nn1C. The van der Waals surface area contributed by atoms with E-state index in [2.05, 4.69) is 55.1 Å². The zero-order valence-electron chi connectivity index (χ0n) is 20.6.